The van der Waals surface area contributed by atoms with E-state index in [2.05, 4.69) is 11.8 Å². The van der Waals surface area contributed by atoms with E-state index in [0.29, 0.717) is 6.04 Å². The van der Waals surface area contributed by atoms with Crippen LogP contribution in [0.15, 0.2) is 0 Å². The Labute approximate surface area is 87.3 Å². The molecule has 1 saturated heterocycles. The number of nitrogens with zero attached hydrogens (tertiary/aromatic N) is 1. The van der Waals surface area contributed by atoms with E-state index < -0.39 is 0 Å². The summed E-state index contributed by atoms with van der Waals surface area (Å²) in [6.07, 6.45) is 7.38. The van der Waals surface area contributed by atoms with Crippen molar-refractivity contribution in [3.63, 3.8) is 0 Å². The van der Waals surface area contributed by atoms with Crippen LogP contribution < -0.4 is 0 Å². The first-order valence-corrected chi connectivity index (χ1v) is 6.19. The number of aliphatic hydroxyl groups excluding tert-OH is 1. The average Bonchev–Trinajstić information content (AvgIpc) is 2.20. The van der Waals surface area contributed by atoms with Crippen molar-refractivity contribution in [3.8, 4) is 0 Å². The molecule has 2 heteroatoms. The standard InChI is InChI=1S/C12H23NO/c1-10-6-8-13(9-7-10)11-4-2-3-5-12(11)14/h10-12,14H,2-9H2,1H3/t11-,12-/m1/s1. The van der Waals surface area contributed by atoms with Crippen LogP contribution >= 0.6 is 0 Å². The van der Waals surface area contributed by atoms with Gasteiger partial charge in [0.25, 0.3) is 0 Å². The Bertz CT molecular complexity index is 175. The van der Waals surface area contributed by atoms with Gasteiger partial charge in [-0.1, -0.05) is 19.8 Å². The molecule has 0 aromatic heterocycles. The zero-order valence-corrected chi connectivity index (χ0v) is 9.28. The molecule has 0 aromatic carbocycles. The highest BCUT2D eigenvalue weighted by molar-refractivity contribution is 4.85. The maximum absolute atomic E-state index is 9.95. The van der Waals surface area contributed by atoms with Crippen molar-refractivity contribution >= 4 is 0 Å². The van der Waals surface area contributed by atoms with Gasteiger partial charge in [-0.15, -0.1) is 0 Å². The Balaban J connectivity index is 1.87. The van der Waals surface area contributed by atoms with E-state index in [-0.39, 0.29) is 6.10 Å². The normalized spacial score (nSPS) is 37.3. The Morgan fingerprint density at radius 2 is 1.64 bits per heavy atom. The molecule has 1 saturated carbocycles. The number of aliphatic hydroxyl groups is 1. The predicted molar refractivity (Wildman–Crippen MR) is 58.2 cm³/mol. The van der Waals surface area contributed by atoms with E-state index in [0.717, 1.165) is 12.3 Å². The molecule has 1 aliphatic carbocycles. The maximum atomic E-state index is 9.95. The monoisotopic (exact) mass is 197 g/mol. The largest absolute Gasteiger partial charge is 0.391 e. The Kier molecular flexibility index (Phi) is 3.45. The van der Waals surface area contributed by atoms with Gasteiger partial charge in [-0.25, -0.2) is 0 Å². The molecule has 2 aliphatic rings. The second-order valence-electron chi connectivity index (χ2n) is 5.14. The number of rotatable bonds is 1. The third-order valence-corrected chi connectivity index (χ3v) is 3.98. The number of likely N-dealkylation sites (tertiary alicyclic amines) is 1. The molecule has 2 rings (SSSR count). The summed E-state index contributed by atoms with van der Waals surface area (Å²) in [4.78, 5) is 2.53. The zero-order valence-electron chi connectivity index (χ0n) is 9.28. The van der Waals surface area contributed by atoms with Crippen LogP contribution in [0.5, 0.6) is 0 Å². The molecular formula is C12H23NO. The summed E-state index contributed by atoms with van der Waals surface area (Å²) in [6.45, 7) is 4.76. The third kappa shape index (κ3) is 2.29. The van der Waals surface area contributed by atoms with Crippen LogP contribution in [0.25, 0.3) is 0 Å². The van der Waals surface area contributed by atoms with Crippen LogP contribution in [0.1, 0.15) is 45.4 Å². The lowest BCUT2D eigenvalue weighted by atomic mass is 9.89. The van der Waals surface area contributed by atoms with Gasteiger partial charge < -0.3 is 5.11 Å². The van der Waals surface area contributed by atoms with Gasteiger partial charge in [0.15, 0.2) is 0 Å². The van der Waals surface area contributed by atoms with Crippen LogP contribution in [-0.4, -0.2) is 35.2 Å². The van der Waals surface area contributed by atoms with E-state index in [1.165, 1.54) is 45.2 Å². The topological polar surface area (TPSA) is 23.5 Å². The fourth-order valence-corrected chi connectivity index (χ4v) is 2.88. The molecule has 0 unspecified atom stereocenters. The molecule has 2 atom stereocenters. The van der Waals surface area contributed by atoms with Crippen LogP contribution in [0.2, 0.25) is 0 Å². The van der Waals surface area contributed by atoms with Crippen molar-refractivity contribution in [2.24, 2.45) is 5.92 Å². The minimum atomic E-state index is -0.0443. The summed E-state index contributed by atoms with van der Waals surface area (Å²) < 4.78 is 0. The number of piperidine rings is 1. The summed E-state index contributed by atoms with van der Waals surface area (Å²) in [7, 11) is 0. The fourth-order valence-electron chi connectivity index (χ4n) is 2.88. The molecule has 82 valence electrons. The van der Waals surface area contributed by atoms with Gasteiger partial charge in [0.1, 0.15) is 0 Å². The Morgan fingerprint density at radius 1 is 1.00 bits per heavy atom. The van der Waals surface area contributed by atoms with E-state index >= 15 is 0 Å². The molecule has 0 bridgehead atoms. The lowest BCUT2D eigenvalue weighted by Gasteiger charge is -2.41. The highest BCUT2D eigenvalue weighted by Crippen LogP contribution is 2.27. The quantitative estimate of drug-likeness (QED) is 0.695. The van der Waals surface area contributed by atoms with Crippen molar-refractivity contribution in [3.05, 3.63) is 0 Å². The third-order valence-electron chi connectivity index (χ3n) is 3.98. The maximum Gasteiger partial charge on any atom is 0.0695 e. The molecule has 0 aromatic rings. The first kappa shape index (κ1) is 10.4. The van der Waals surface area contributed by atoms with Crippen molar-refractivity contribution in [1.29, 1.82) is 0 Å². The van der Waals surface area contributed by atoms with Gasteiger partial charge in [0, 0.05) is 6.04 Å². The average molecular weight is 197 g/mol. The van der Waals surface area contributed by atoms with Gasteiger partial charge in [0.05, 0.1) is 6.10 Å². The lowest BCUT2D eigenvalue weighted by Crippen LogP contribution is -2.48. The summed E-state index contributed by atoms with van der Waals surface area (Å²) in [5.41, 5.74) is 0. The highest BCUT2D eigenvalue weighted by Gasteiger charge is 2.30. The molecule has 0 amide bonds. The molecule has 1 N–H and O–H groups in total. The Morgan fingerprint density at radius 3 is 2.29 bits per heavy atom. The molecule has 2 fully saturated rings. The van der Waals surface area contributed by atoms with Crippen LogP contribution in [-0.2, 0) is 0 Å². The predicted octanol–water partition coefficient (Wildman–Crippen LogP) is 2.02. The first-order chi connectivity index (χ1) is 6.77. The van der Waals surface area contributed by atoms with Crippen LogP contribution in [0, 0.1) is 5.92 Å². The molecule has 0 spiro atoms. The summed E-state index contributed by atoms with van der Waals surface area (Å²) in [5, 5.41) is 9.95. The minimum Gasteiger partial charge on any atom is -0.391 e. The molecular weight excluding hydrogens is 174 g/mol. The second kappa shape index (κ2) is 4.63. The number of hydrogen-bond acceptors (Lipinski definition) is 2. The van der Waals surface area contributed by atoms with E-state index in [9.17, 15) is 5.11 Å². The number of hydrogen-bond donors (Lipinski definition) is 1. The first-order valence-electron chi connectivity index (χ1n) is 6.19. The van der Waals surface area contributed by atoms with Crippen molar-refractivity contribution in [2.75, 3.05) is 13.1 Å². The van der Waals surface area contributed by atoms with Gasteiger partial charge in [-0.3, -0.25) is 4.90 Å². The van der Waals surface area contributed by atoms with Gasteiger partial charge in [0.2, 0.25) is 0 Å². The van der Waals surface area contributed by atoms with Crippen LogP contribution in [0.4, 0.5) is 0 Å². The Hall–Kier alpha value is -0.0800. The van der Waals surface area contributed by atoms with Gasteiger partial charge in [-0.05, 0) is 44.7 Å². The molecule has 0 radical (unpaired) electrons. The lowest BCUT2D eigenvalue weighted by molar-refractivity contribution is 0.00528. The van der Waals surface area contributed by atoms with Crippen LogP contribution in [0.3, 0.4) is 0 Å². The SMILES string of the molecule is CC1CCN([C@@H]2CCCC[C@H]2O)CC1. The van der Waals surface area contributed by atoms with Gasteiger partial charge in [-0.2, -0.15) is 0 Å². The van der Waals surface area contributed by atoms with E-state index in [4.69, 9.17) is 0 Å². The molecule has 1 aliphatic heterocycles. The second-order valence-corrected chi connectivity index (χ2v) is 5.14. The summed E-state index contributed by atoms with van der Waals surface area (Å²) >= 11 is 0. The minimum absolute atomic E-state index is 0.0443. The van der Waals surface area contributed by atoms with E-state index in [1.54, 1.807) is 0 Å². The summed E-state index contributed by atoms with van der Waals surface area (Å²) in [5.74, 6) is 0.895. The molecule has 14 heavy (non-hydrogen) atoms. The van der Waals surface area contributed by atoms with Crippen molar-refractivity contribution < 1.29 is 5.11 Å². The molecule has 1 heterocycles. The van der Waals surface area contributed by atoms with E-state index in [1.807, 2.05) is 0 Å². The summed E-state index contributed by atoms with van der Waals surface area (Å²) in [6, 6.07) is 0.483. The van der Waals surface area contributed by atoms with Crippen molar-refractivity contribution in [2.45, 2.75) is 57.6 Å². The van der Waals surface area contributed by atoms with Crippen molar-refractivity contribution in [1.82, 2.24) is 4.90 Å². The zero-order chi connectivity index (χ0) is 9.97. The fraction of sp³-hybridized carbons (Fsp3) is 1.00. The molecule has 2 nitrogen and oxygen atoms in total. The smallest absolute Gasteiger partial charge is 0.0695 e. The highest BCUT2D eigenvalue weighted by atomic mass is 16.3. The van der Waals surface area contributed by atoms with Gasteiger partial charge >= 0.3 is 0 Å².